The first kappa shape index (κ1) is 39.5. The van der Waals surface area contributed by atoms with E-state index in [1.165, 1.54) is 139 Å². The molecule has 1 unspecified atom stereocenters. The molecular formula is C46H72O4. The molecule has 0 amide bonds. The summed E-state index contributed by atoms with van der Waals surface area (Å²) in [6.07, 6.45) is 26.5. The van der Waals surface area contributed by atoms with E-state index in [4.69, 9.17) is 18.9 Å². The summed E-state index contributed by atoms with van der Waals surface area (Å²) in [6.45, 7) is 10.8. The van der Waals surface area contributed by atoms with Gasteiger partial charge in [-0.1, -0.05) is 139 Å². The van der Waals surface area contributed by atoms with E-state index < -0.39 is 0 Å². The third-order valence-corrected chi connectivity index (χ3v) is 12.4. The Hall–Kier alpha value is -1.72. The van der Waals surface area contributed by atoms with Crippen LogP contribution in [0.5, 0.6) is 0 Å². The Morgan fingerprint density at radius 2 is 1.06 bits per heavy atom. The van der Waals surface area contributed by atoms with Crippen molar-refractivity contribution in [3.63, 3.8) is 0 Å². The Kier molecular flexibility index (Phi) is 17.2. The summed E-state index contributed by atoms with van der Waals surface area (Å²) >= 11 is 0. The van der Waals surface area contributed by atoms with Gasteiger partial charge in [0.1, 0.15) is 0 Å². The predicted octanol–water partition coefficient (Wildman–Crippen LogP) is 13.0. The molecule has 0 radical (unpaired) electrons. The first-order valence-electron chi connectivity index (χ1n) is 21.3. The van der Waals surface area contributed by atoms with E-state index in [0.29, 0.717) is 23.9 Å². The third kappa shape index (κ3) is 12.5. The zero-order chi connectivity index (χ0) is 35.0. The highest BCUT2D eigenvalue weighted by molar-refractivity contribution is 5.64. The van der Waals surface area contributed by atoms with Gasteiger partial charge in [-0.2, -0.15) is 0 Å². The maximum atomic E-state index is 6.48. The maximum absolute atomic E-state index is 6.48. The molecule has 1 saturated carbocycles. The highest BCUT2D eigenvalue weighted by Crippen LogP contribution is 2.38. The molecule has 2 aromatic rings. The van der Waals surface area contributed by atoms with Crippen LogP contribution < -0.4 is 0 Å². The van der Waals surface area contributed by atoms with E-state index in [1.807, 2.05) is 0 Å². The van der Waals surface area contributed by atoms with Gasteiger partial charge in [-0.15, -0.1) is 0 Å². The van der Waals surface area contributed by atoms with Gasteiger partial charge in [-0.3, -0.25) is 0 Å². The van der Waals surface area contributed by atoms with E-state index in [2.05, 4.69) is 76.2 Å². The lowest BCUT2D eigenvalue weighted by Crippen LogP contribution is -2.42. The van der Waals surface area contributed by atoms with Gasteiger partial charge in [0.15, 0.2) is 12.6 Å². The minimum absolute atomic E-state index is 0.0201. The van der Waals surface area contributed by atoms with Crippen molar-refractivity contribution in [1.82, 2.24) is 0 Å². The molecular weight excluding hydrogens is 617 g/mol. The average molecular weight is 689 g/mol. The minimum Gasteiger partial charge on any atom is -0.352 e. The van der Waals surface area contributed by atoms with Crippen LogP contribution in [0.1, 0.15) is 167 Å². The van der Waals surface area contributed by atoms with Crippen molar-refractivity contribution in [2.75, 3.05) is 13.2 Å². The second kappa shape index (κ2) is 21.7. The highest BCUT2D eigenvalue weighted by atomic mass is 16.7. The molecule has 0 aromatic heterocycles. The quantitative estimate of drug-likeness (QED) is 0.130. The van der Waals surface area contributed by atoms with E-state index >= 15 is 0 Å². The van der Waals surface area contributed by atoms with Crippen LogP contribution in [-0.2, 0) is 25.4 Å². The number of unbranched alkanes of at least 4 members (excludes halogenated alkanes) is 10. The van der Waals surface area contributed by atoms with Gasteiger partial charge in [0, 0.05) is 23.3 Å². The van der Waals surface area contributed by atoms with E-state index in [9.17, 15) is 0 Å². The Bertz CT molecular complexity index is 1170. The average Bonchev–Trinajstić information content (AvgIpc) is 3.15. The molecule has 2 saturated heterocycles. The Labute approximate surface area is 306 Å². The van der Waals surface area contributed by atoms with Crippen molar-refractivity contribution in [3.8, 4) is 11.1 Å². The Morgan fingerprint density at radius 1 is 0.540 bits per heavy atom. The molecule has 0 spiro atoms. The fraction of sp³-hybridized carbons (Fsp3) is 0.739. The molecule has 2 heterocycles. The lowest BCUT2D eigenvalue weighted by molar-refractivity contribution is -0.257. The number of ether oxygens (including phenoxy) is 4. The van der Waals surface area contributed by atoms with E-state index in [0.717, 1.165) is 31.1 Å². The monoisotopic (exact) mass is 689 g/mol. The van der Waals surface area contributed by atoms with Crippen LogP contribution in [0.3, 0.4) is 0 Å². The summed E-state index contributed by atoms with van der Waals surface area (Å²) in [7, 11) is 0. The first-order valence-corrected chi connectivity index (χ1v) is 21.3. The maximum Gasteiger partial charge on any atom is 0.184 e. The van der Waals surface area contributed by atoms with E-state index in [1.54, 1.807) is 0 Å². The molecule has 6 atom stereocenters. The molecule has 2 aromatic carbocycles. The van der Waals surface area contributed by atoms with Crippen LogP contribution in [0, 0.1) is 23.7 Å². The van der Waals surface area contributed by atoms with Gasteiger partial charge in [0.05, 0.1) is 25.4 Å². The van der Waals surface area contributed by atoms with Crippen LogP contribution in [-0.4, -0.2) is 31.7 Å². The van der Waals surface area contributed by atoms with Crippen LogP contribution >= 0.6 is 0 Å². The zero-order valence-corrected chi connectivity index (χ0v) is 32.4. The Balaban J connectivity index is 0.968. The number of benzene rings is 2. The lowest BCUT2D eigenvalue weighted by Gasteiger charge is -2.40. The van der Waals surface area contributed by atoms with E-state index in [-0.39, 0.29) is 18.7 Å². The number of hydrogen-bond donors (Lipinski definition) is 0. The van der Waals surface area contributed by atoms with Crippen molar-refractivity contribution < 1.29 is 18.9 Å². The Morgan fingerprint density at radius 3 is 1.62 bits per heavy atom. The van der Waals surface area contributed by atoms with Crippen molar-refractivity contribution in [2.24, 2.45) is 23.7 Å². The summed E-state index contributed by atoms with van der Waals surface area (Å²) in [5.74, 6) is 2.47. The van der Waals surface area contributed by atoms with Crippen LogP contribution in [0.15, 0.2) is 48.5 Å². The van der Waals surface area contributed by atoms with Gasteiger partial charge in [-0.25, -0.2) is 0 Å². The lowest BCUT2D eigenvalue weighted by atomic mass is 9.79. The number of aryl methyl sites for hydroxylation is 1. The predicted molar refractivity (Wildman–Crippen MR) is 208 cm³/mol. The topological polar surface area (TPSA) is 36.9 Å². The minimum atomic E-state index is -0.254. The molecule has 280 valence electrons. The molecule has 3 fully saturated rings. The fourth-order valence-corrected chi connectivity index (χ4v) is 8.66. The van der Waals surface area contributed by atoms with Crippen LogP contribution in [0.2, 0.25) is 0 Å². The largest absolute Gasteiger partial charge is 0.352 e. The second-order valence-electron chi connectivity index (χ2n) is 16.3. The summed E-state index contributed by atoms with van der Waals surface area (Å²) in [6, 6.07) is 18.1. The number of rotatable bonds is 20. The van der Waals surface area contributed by atoms with Gasteiger partial charge in [-0.05, 0) is 87.8 Å². The molecule has 4 heteroatoms. The SMILES string of the molecule is CCCCCCCC[C@@H]1CO[C@@H](c2ccc(-c3ccc(CCC4CCC([C@@H]5OC[C@@H](CCCCCCCC)[C@H](C)O5)CC4)cc3)cc2)OC1C. The highest BCUT2D eigenvalue weighted by Gasteiger charge is 2.35. The van der Waals surface area contributed by atoms with Crippen molar-refractivity contribution in [3.05, 3.63) is 59.7 Å². The summed E-state index contributed by atoms with van der Waals surface area (Å²) < 4.78 is 25.4. The number of hydrogen-bond acceptors (Lipinski definition) is 4. The van der Waals surface area contributed by atoms with Gasteiger partial charge in [0.2, 0.25) is 0 Å². The fourth-order valence-electron chi connectivity index (χ4n) is 8.66. The molecule has 3 aliphatic rings. The molecule has 50 heavy (non-hydrogen) atoms. The second-order valence-corrected chi connectivity index (χ2v) is 16.3. The van der Waals surface area contributed by atoms with Crippen molar-refractivity contribution >= 4 is 0 Å². The molecule has 5 rings (SSSR count). The summed E-state index contributed by atoms with van der Waals surface area (Å²) in [4.78, 5) is 0. The van der Waals surface area contributed by atoms with Crippen molar-refractivity contribution in [1.29, 1.82) is 0 Å². The normalized spacial score (nSPS) is 28.9. The summed E-state index contributed by atoms with van der Waals surface area (Å²) in [5.41, 5.74) is 5.09. The molecule has 4 nitrogen and oxygen atoms in total. The van der Waals surface area contributed by atoms with Crippen LogP contribution in [0.4, 0.5) is 0 Å². The van der Waals surface area contributed by atoms with Crippen LogP contribution in [0.25, 0.3) is 11.1 Å². The van der Waals surface area contributed by atoms with Gasteiger partial charge < -0.3 is 18.9 Å². The molecule has 0 N–H and O–H groups in total. The third-order valence-electron chi connectivity index (χ3n) is 12.4. The zero-order valence-electron chi connectivity index (χ0n) is 32.4. The standard InChI is InChI=1S/C46H72O4/c1-5-7-9-11-13-15-17-43-33-47-45(49-35(43)3)41-27-23-38(24-28-41)20-19-37-21-25-39(26-22-37)40-29-31-42(32-30-40)46-48-34-44(36(4)50-46)18-16-14-12-10-8-6-2/h21-22,25-26,29-32,35-36,38,41,43-46H,5-20,23-24,27-28,33-34H2,1-4H3/t35-,36?,38?,41?,43+,44+,45+,46+/m0/s1. The smallest absolute Gasteiger partial charge is 0.184 e. The summed E-state index contributed by atoms with van der Waals surface area (Å²) in [5, 5.41) is 0. The van der Waals surface area contributed by atoms with Crippen molar-refractivity contribution in [2.45, 2.75) is 181 Å². The van der Waals surface area contributed by atoms with Gasteiger partial charge in [0.25, 0.3) is 0 Å². The first-order chi connectivity index (χ1) is 24.5. The molecule has 0 bridgehead atoms. The molecule has 1 aliphatic carbocycles. The molecule has 2 aliphatic heterocycles. The van der Waals surface area contributed by atoms with Gasteiger partial charge >= 0.3 is 0 Å².